The van der Waals surface area contributed by atoms with Crippen molar-refractivity contribution < 1.29 is 16.8 Å². The molecule has 2 aromatic carbocycles. The van der Waals surface area contributed by atoms with Crippen LogP contribution in [0.5, 0.6) is 0 Å². The van der Waals surface area contributed by atoms with Gasteiger partial charge >= 0.3 is 0 Å². The Morgan fingerprint density at radius 2 is 1.64 bits per heavy atom. The highest BCUT2D eigenvalue weighted by Gasteiger charge is 2.31. The number of nitrogens with one attached hydrogen (secondary N) is 1. The van der Waals surface area contributed by atoms with Gasteiger partial charge in [0.2, 0.25) is 20.0 Å². The number of nitrogens with zero attached hydrogens (tertiary/aromatic N) is 1. The maximum absolute atomic E-state index is 12.5. The molecular weight excluding hydrogens is 360 g/mol. The van der Waals surface area contributed by atoms with Gasteiger partial charge in [-0.1, -0.05) is 48.5 Å². The molecule has 1 heterocycles. The normalized spacial score (nSPS) is 18.0. The van der Waals surface area contributed by atoms with Crippen LogP contribution in [0.25, 0.3) is 0 Å². The number of hydrogen-bond acceptors (Lipinski definition) is 4. The summed E-state index contributed by atoms with van der Waals surface area (Å²) >= 11 is 0. The molecule has 8 heteroatoms. The summed E-state index contributed by atoms with van der Waals surface area (Å²) in [5.74, 6) is -0.109. The van der Waals surface area contributed by atoms with Gasteiger partial charge in [0.15, 0.2) is 0 Å². The Labute approximate surface area is 148 Å². The second kappa shape index (κ2) is 6.78. The molecule has 1 atom stereocenters. The van der Waals surface area contributed by atoms with E-state index in [1.807, 2.05) is 6.07 Å². The molecule has 0 amide bonds. The second-order valence-electron chi connectivity index (χ2n) is 6.10. The van der Waals surface area contributed by atoms with Crippen LogP contribution in [0.2, 0.25) is 0 Å². The first-order chi connectivity index (χ1) is 11.8. The lowest BCUT2D eigenvalue weighted by Gasteiger charge is -2.34. The van der Waals surface area contributed by atoms with E-state index < -0.39 is 26.1 Å². The Kier molecular flexibility index (Phi) is 4.86. The largest absolute Gasteiger partial charge is 0.270 e. The average molecular weight is 380 g/mol. The molecule has 2 aromatic rings. The minimum Gasteiger partial charge on any atom is -0.270 e. The first-order valence-electron chi connectivity index (χ1n) is 7.87. The van der Waals surface area contributed by atoms with Crippen molar-refractivity contribution in [3.8, 4) is 0 Å². The molecule has 0 fully saturated rings. The van der Waals surface area contributed by atoms with Crippen LogP contribution >= 0.6 is 0 Å². The molecule has 1 unspecified atom stereocenters. The summed E-state index contributed by atoms with van der Waals surface area (Å²) in [6.07, 6.45) is 1.54. The molecule has 0 bridgehead atoms. The topological polar surface area (TPSA) is 83.6 Å². The quantitative estimate of drug-likeness (QED) is 0.860. The van der Waals surface area contributed by atoms with E-state index in [0.717, 1.165) is 6.26 Å². The first-order valence-corrected chi connectivity index (χ1v) is 11.4. The van der Waals surface area contributed by atoms with Crippen molar-refractivity contribution >= 4 is 25.7 Å². The Hall–Kier alpha value is -1.90. The zero-order valence-electron chi connectivity index (χ0n) is 13.8. The predicted molar refractivity (Wildman–Crippen MR) is 98.2 cm³/mol. The van der Waals surface area contributed by atoms with E-state index in [1.54, 1.807) is 48.5 Å². The molecular formula is C17H20N2O4S2. The number of para-hydroxylation sites is 1. The summed E-state index contributed by atoms with van der Waals surface area (Å²) in [5.41, 5.74) is 1.91. The molecule has 0 aliphatic carbocycles. The Bertz CT molecular complexity index is 957. The first kappa shape index (κ1) is 17.9. The van der Waals surface area contributed by atoms with Gasteiger partial charge in [0, 0.05) is 6.54 Å². The number of fused-ring (bicyclic) bond motifs is 1. The molecule has 0 radical (unpaired) electrons. The summed E-state index contributed by atoms with van der Waals surface area (Å²) in [7, 11) is -6.95. The Morgan fingerprint density at radius 3 is 2.32 bits per heavy atom. The maximum atomic E-state index is 12.5. The molecule has 0 aromatic heterocycles. The standard InChI is InChI=1S/C17H20N2O4S2/c1-24(20,21)19-12-11-16(15-9-5-6-10-17(15)19)18-25(22,23)13-14-7-3-2-4-8-14/h2-10,16,18H,11-13H2,1H3. The fraction of sp³-hybridized carbons (Fsp3) is 0.294. The van der Waals surface area contributed by atoms with Crippen molar-refractivity contribution in [3.05, 3.63) is 65.7 Å². The molecule has 25 heavy (non-hydrogen) atoms. The molecule has 6 nitrogen and oxygen atoms in total. The number of hydrogen-bond donors (Lipinski definition) is 1. The smallest absolute Gasteiger partial charge is 0.232 e. The zero-order valence-corrected chi connectivity index (χ0v) is 15.4. The van der Waals surface area contributed by atoms with Crippen LogP contribution in [0.4, 0.5) is 5.69 Å². The Morgan fingerprint density at radius 1 is 1.00 bits per heavy atom. The highest BCUT2D eigenvalue weighted by molar-refractivity contribution is 7.92. The predicted octanol–water partition coefficient (Wildman–Crippen LogP) is 2.02. The van der Waals surface area contributed by atoms with E-state index in [4.69, 9.17) is 0 Å². The van der Waals surface area contributed by atoms with Crippen LogP contribution in [0.1, 0.15) is 23.6 Å². The minimum atomic E-state index is -3.55. The van der Waals surface area contributed by atoms with E-state index in [1.165, 1.54) is 4.31 Å². The fourth-order valence-electron chi connectivity index (χ4n) is 3.05. The molecule has 1 aliphatic rings. The maximum Gasteiger partial charge on any atom is 0.232 e. The lowest BCUT2D eigenvalue weighted by molar-refractivity contribution is 0.530. The zero-order chi connectivity index (χ0) is 18.1. The molecule has 134 valence electrons. The van der Waals surface area contributed by atoms with Gasteiger partial charge in [-0.3, -0.25) is 4.31 Å². The second-order valence-corrected chi connectivity index (χ2v) is 9.76. The van der Waals surface area contributed by atoms with E-state index in [-0.39, 0.29) is 12.3 Å². The van der Waals surface area contributed by atoms with Crippen molar-refractivity contribution in [1.29, 1.82) is 0 Å². The van der Waals surface area contributed by atoms with E-state index in [9.17, 15) is 16.8 Å². The number of benzene rings is 2. The van der Waals surface area contributed by atoms with Crippen molar-refractivity contribution in [2.45, 2.75) is 18.2 Å². The molecule has 0 saturated heterocycles. The van der Waals surface area contributed by atoms with Gasteiger partial charge in [-0.15, -0.1) is 0 Å². The molecule has 3 rings (SSSR count). The molecule has 0 spiro atoms. The SMILES string of the molecule is CS(=O)(=O)N1CCC(NS(=O)(=O)Cc2ccccc2)c2ccccc21. The van der Waals surface area contributed by atoms with Gasteiger partial charge in [0.1, 0.15) is 0 Å². The number of sulfonamides is 2. The molecule has 1 aliphatic heterocycles. The fourth-order valence-corrected chi connectivity index (χ4v) is 5.40. The third-order valence-electron chi connectivity index (χ3n) is 4.12. The van der Waals surface area contributed by atoms with Gasteiger partial charge in [0.25, 0.3) is 0 Å². The van der Waals surface area contributed by atoms with Gasteiger partial charge < -0.3 is 0 Å². The summed E-state index contributed by atoms with van der Waals surface area (Å²) in [5, 5.41) is 0. The van der Waals surface area contributed by atoms with Gasteiger partial charge in [-0.25, -0.2) is 21.6 Å². The monoisotopic (exact) mass is 380 g/mol. The van der Waals surface area contributed by atoms with Crippen LogP contribution < -0.4 is 9.03 Å². The van der Waals surface area contributed by atoms with Gasteiger partial charge in [-0.2, -0.15) is 0 Å². The van der Waals surface area contributed by atoms with Crippen LogP contribution in [0, 0.1) is 0 Å². The number of rotatable bonds is 5. The van der Waals surface area contributed by atoms with Crippen LogP contribution in [-0.4, -0.2) is 29.6 Å². The Balaban J connectivity index is 1.86. The average Bonchev–Trinajstić information content (AvgIpc) is 2.54. The summed E-state index contributed by atoms with van der Waals surface area (Å²) in [6, 6.07) is 15.5. The number of anilines is 1. The summed E-state index contributed by atoms with van der Waals surface area (Å²) in [4.78, 5) is 0. The summed E-state index contributed by atoms with van der Waals surface area (Å²) < 4.78 is 53.0. The van der Waals surface area contributed by atoms with E-state index in [0.29, 0.717) is 23.2 Å². The minimum absolute atomic E-state index is 0.109. The lowest BCUT2D eigenvalue weighted by Crippen LogP contribution is -2.40. The van der Waals surface area contributed by atoms with Crippen LogP contribution in [0.3, 0.4) is 0 Å². The third-order valence-corrected chi connectivity index (χ3v) is 6.66. The van der Waals surface area contributed by atoms with Crippen LogP contribution in [0.15, 0.2) is 54.6 Å². The summed E-state index contributed by atoms with van der Waals surface area (Å²) in [6.45, 7) is 0.244. The van der Waals surface area contributed by atoms with Crippen molar-refractivity contribution in [1.82, 2.24) is 4.72 Å². The van der Waals surface area contributed by atoms with Gasteiger partial charge in [-0.05, 0) is 23.6 Å². The molecule has 0 saturated carbocycles. The molecule has 1 N–H and O–H groups in total. The van der Waals surface area contributed by atoms with E-state index in [2.05, 4.69) is 4.72 Å². The van der Waals surface area contributed by atoms with Gasteiger partial charge in [0.05, 0.1) is 23.7 Å². The van der Waals surface area contributed by atoms with Crippen molar-refractivity contribution in [2.24, 2.45) is 0 Å². The van der Waals surface area contributed by atoms with Crippen molar-refractivity contribution in [2.75, 3.05) is 17.1 Å². The van der Waals surface area contributed by atoms with Crippen LogP contribution in [-0.2, 0) is 25.8 Å². The van der Waals surface area contributed by atoms with Crippen molar-refractivity contribution in [3.63, 3.8) is 0 Å². The highest BCUT2D eigenvalue weighted by Crippen LogP contribution is 2.35. The third kappa shape index (κ3) is 4.20. The lowest BCUT2D eigenvalue weighted by atomic mass is 9.99. The van der Waals surface area contributed by atoms with E-state index >= 15 is 0 Å². The highest BCUT2D eigenvalue weighted by atomic mass is 32.2.